The molecule has 34 heavy (non-hydrogen) atoms. The third-order valence-electron chi connectivity index (χ3n) is 6.35. The summed E-state index contributed by atoms with van der Waals surface area (Å²) in [5.74, 6) is 1.04. The molecular formula is C27H27N3O4. The molecule has 7 heteroatoms. The van der Waals surface area contributed by atoms with Crippen LogP contribution >= 0.6 is 0 Å². The van der Waals surface area contributed by atoms with Crippen LogP contribution in [0.1, 0.15) is 34.3 Å². The number of amides is 2. The van der Waals surface area contributed by atoms with Crippen LogP contribution in [0.5, 0.6) is 11.5 Å². The SMILES string of the molecule is Cc1ccc(-c2ncccc2C(=O)N2CCCC(C(=O)NCc3ccc4c(c3)OCO4)C2)cc1. The molecule has 1 unspecified atom stereocenters. The lowest BCUT2D eigenvalue weighted by Crippen LogP contribution is -2.45. The second-order valence-electron chi connectivity index (χ2n) is 8.76. The van der Waals surface area contributed by atoms with Crippen molar-refractivity contribution in [2.75, 3.05) is 19.9 Å². The molecule has 2 aliphatic rings. The molecule has 0 radical (unpaired) electrons. The summed E-state index contributed by atoms with van der Waals surface area (Å²) in [6, 6.07) is 17.2. The lowest BCUT2D eigenvalue weighted by atomic mass is 9.95. The highest BCUT2D eigenvalue weighted by molar-refractivity contribution is 6.00. The largest absolute Gasteiger partial charge is 0.454 e. The Morgan fingerprint density at radius 3 is 2.76 bits per heavy atom. The molecule has 0 saturated carbocycles. The fraction of sp³-hybridized carbons (Fsp3) is 0.296. The second kappa shape index (κ2) is 9.55. The molecule has 2 aromatic carbocycles. The zero-order valence-electron chi connectivity index (χ0n) is 19.1. The minimum Gasteiger partial charge on any atom is -0.454 e. The van der Waals surface area contributed by atoms with Crippen LogP contribution in [0, 0.1) is 12.8 Å². The van der Waals surface area contributed by atoms with Gasteiger partial charge in [-0.1, -0.05) is 35.9 Å². The average molecular weight is 458 g/mol. The van der Waals surface area contributed by atoms with E-state index < -0.39 is 0 Å². The molecular weight excluding hydrogens is 430 g/mol. The van der Waals surface area contributed by atoms with Crippen LogP contribution in [-0.4, -0.2) is 41.6 Å². The van der Waals surface area contributed by atoms with Gasteiger partial charge in [0.25, 0.3) is 5.91 Å². The first-order valence-corrected chi connectivity index (χ1v) is 11.6. The number of nitrogens with one attached hydrogen (secondary N) is 1. The van der Waals surface area contributed by atoms with Crippen molar-refractivity contribution >= 4 is 11.8 Å². The van der Waals surface area contributed by atoms with Gasteiger partial charge in [0, 0.05) is 31.4 Å². The molecule has 1 fully saturated rings. The molecule has 1 atom stereocenters. The summed E-state index contributed by atoms with van der Waals surface area (Å²) in [6.07, 6.45) is 3.25. The number of nitrogens with zero attached hydrogens (tertiary/aromatic N) is 2. The van der Waals surface area contributed by atoms with E-state index in [-0.39, 0.29) is 24.5 Å². The van der Waals surface area contributed by atoms with Crippen molar-refractivity contribution in [1.82, 2.24) is 15.2 Å². The Morgan fingerprint density at radius 1 is 1.09 bits per heavy atom. The van der Waals surface area contributed by atoms with E-state index in [0.29, 0.717) is 36.6 Å². The second-order valence-corrected chi connectivity index (χ2v) is 8.76. The number of rotatable bonds is 5. The van der Waals surface area contributed by atoms with Gasteiger partial charge in [-0.2, -0.15) is 0 Å². The molecule has 2 aliphatic heterocycles. The number of piperidine rings is 1. The number of aromatic nitrogens is 1. The average Bonchev–Trinajstić information content (AvgIpc) is 3.35. The van der Waals surface area contributed by atoms with Crippen molar-refractivity contribution in [3.05, 3.63) is 77.5 Å². The Hall–Kier alpha value is -3.87. The van der Waals surface area contributed by atoms with E-state index in [0.717, 1.165) is 35.3 Å². The molecule has 1 saturated heterocycles. The number of likely N-dealkylation sites (tertiary alicyclic amines) is 1. The van der Waals surface area contributed by atoms with Crippen LogP contribution in [0.4, 0.5) is 0 Å². The molecule has 7 nitrogen and oxygen atoms in total. The van der Waals surface area contributed by atoms with Crippen LogP contribution in [0.15, 0.2) is 60.8 Å². The molecule has 0 spiro atoms. The minimum atomic E-state index is -0.244. The molecule has 174 valence electrons. The fourth-order valence-electron chi connectivity index (χ4n) is 4.45. The third-order valence-corrected chi connectivity index (χ3v) is 6.35. The van der Waals surface area contributed by atoms with Gasteiger partial charge in [0.15, 0.2) is 11.5 Å². The number of pyridine rings is 1. The summed E-state index contributed by atoms with van der Waals surface area (Å²) in [4.78, 5) is 32.6. The van der Waals surface area contributed by atoms with Crippen molar-refractivity contribution in [3.63, 3.8) is 0 Å². The summed E-state index contributed by atoms with van der Waals surface area (Å²) >= 11 is 0. The van der Waals surface area contributed by atoms with Gasteiger partial charge in [0.2, 0.25) is 12.7 Å². The summed E-state index contributed by atoms with van der Waals surface area (Å²) < 4.78 is 10.7. The van der Waals surface area contributed by atoms with E-state index in [2.05, 4.69) is 10.3 Å². The highest BCUT2D eigenvalue weighted by Crippen LogP contribution is 2.32. The van der Waals surface area contributed by atoms with Crippen molar-refractivity contribution in [1.29, 1.82) is 0 Å². The van der Waals surface area contributed by atoms with Crippen molar-refractivity contribution < 1.29 is 19.1 Å². The van der Waals surface area contributed by atoms with E-state index in [1.807, 2.05) is 55.5 Å². The zero-order chi connectivity index (χ0) is 23.5. The topological polar surface area (TPSA) is 80.8 Å². The van der Waals surface area contributed by atoms with E-state index in [1.54, 1.807) is 17.2 Å². The number of carbonyl (C=O) groups is 2. The van der Waals surface area contributed by atoms with Crippen LogP contribution in [0.25, 0.3) is 11.3 Å². The first-order chi connectivity index (χ1) is 16.6. The summed E-state index contributed by atoms with van der Waals surface area (Å²) in [7, 11) is 0. The number of ether oxygens (including phenoxy) is 2. The number of carbonyl (C=O) groups excluding carboxylic acids is 2. The smallest absolute Gasteiger partial charge is 0.256 e. The Morgan fingerprint density at radius 2 is 1.91 bits per heavy atom. The predicted molar refractivity (Wildman–Crippen MR) is 127 cm³/mol. The quantitative estimate of drug-likeness (QED) is 0.627. The van der Waals surface area contributed by atoms with E-state index in [9.17, 15) is 9.59 Å². The molecule has 2 amide bonds. The minimum absolute atomic E-state index is 0.0416. The zero-order valence-corrected chi connectivity index (χ0v) is 19.1. The van der Waals surface area contributed by atoms with Gasteiger partial charge in [-0.05, 0) is 49.6 Å². The van der Waals surface area contributed by atoms with Gasteiger partial charge in [0.1, 0.15) is 0 Å². The van der Waals surface area contributed by atoms with E-state index in [1.165, 1.54) is 0 Å². The predicted octanol–water partition coefficient (Wildman–Crippen LogP) is 3.95. The van der Waals surface area contributed by atoms with Crippen LogP contribution in [0.2, 0.25) is 0 Å². The number of fused-ring (bicyclic) bond motifs is 1. The summed E-state index contributed by atoms with van der Waals surface area (Å²) in [5, 5.41) is 3.02. The third kappa shape index (κ3) is 4.59. The first kappa shape index (κ1) is 21.9. The Bertz CT molecular complexity index is 1210. The standard InChI is InChI=1S/C27H27N3O4/c1-18-6-9-20(10-7-18)25-22(5-2-12-28-25)27(32)30-13-3-4-21(16-30)26(31)29-15-19-8-11-23-24(14-19)34-17-33-23/h2,5-12,14,21H,3-4,13,15-17H2,1H3,(H,29,31). The Kier molecular flexibility index (Phi) is 6.16. The van der Waals surface area contributed by atoms with Gasteiger partial charge >= 0.3 is 0 Å². The van der Waals surface area contributed by atoms with Gasteiger partial charge in [-0.25, -0.2) is 0 Å². The van der Waals surface area contributed by atoms with Gasteiger partial charge < -0.3 is 19.7 Å². The molecule has 3 heterocycles. The van der Waals surface area contributed by atoms with Gasteiger partial charge in [-0.3, -0.25) is 14.6 Å². The maximum atomic E-state index is 13.4. The van der Waals surface area contributed by atoms with Crippen molar-refractivity contribution in [2.45, 2.75) is 26.3 Å². The normalized spacial score (nSPS) is 16.9. The molecule has 1 aromatic heterocycles. The van der Waals surface area contributed by atoms with Crippen LogP contribution < -0.4 is 14.8 Å². The van der Waals surface area contributed by atoms with Crippen molar-refractivity contribution in [3.8, 4) is 22.8 Å². The van der Waals surface area contributed by atoms with Crippen molar-refractivity contribution in [2.24, 2.45) is 5.92 Å². The molecule has 1 N–H and O–H groups in total. The lowest BCUT2D eigenvalue weighted by molar-refractivity contribution is -0.126. The fourth-order valence-corrected chi connectivity index (χ4v) is 4.45. The number of hydrogen-bond donors (Lipinski definition) is 1. The van der Waals surface area contributed by atoms with Gasteiger partial charge in [-0.15, -0.1) is 0 Å². The molecule has 0 aliphatic carbocycles. The summed E-state index contributed by atoms with van der Waals surface area (Å²) in [6.45, 7) is 3.68. The summed E-state index contributed by atoms with van der Waals surface area (Å²) in [5.41, 5.74) is 4.23. The maximum Gasteiger partial charge on any atom is 0.256 e. The van der Waals surface area contributed by atoms with E-state index in [4.69, 9.17) is 9.47 Å². The van der Waals surface area contributed by atoms with Crippen LogP contribution in [0.3, 0.4) is 0 Å². The number of aryl methyl sites for hydroxylation is 1. The van der Waals surface area contributed by atoms with Crippen LogP contribution in [-0.2, 0) is 11.3 Å². The van der Waals surface area contributed by atoms with Gasteiger partial charge in [0.05, 0.1) is 17.2 Å². The maximum absolute atomic E-state index is 13.4. The first-order valence-electron chi connectivity index (χ1n) is 11.6. The molecule has 0 bridgehead atoms. The monoisotopic (exact) mass is 457 g/mol. The van der Waals surface area contributed by atoms with E-state index >= 15 is 0 Å². The number of benzene rings is 2. The highest BCUT2D eigenvalue weighted by atomic mass is 16.7. The Labute approximate surface area is 198 Å². The highest BCUT2D eigenvalue weighted by Gasteiger charge is 2.30. The number of hydrogen-bond acceptors (Lipinski definition) is 5. The molecule has 5 rings (SSSR count). The Balaban J connectivity index is 1.25. The lowest BCUT2D eigenvalue weighted by Gasteiger charge is -2.32. The molecule has 3 aromatic rings.